The zero-order valence-electron chi connectivity index (χ0n) is 11.8. The fourth-order valence-corrected chi connectivity index (χ4v) is 3.61. The van der Waals surface area contributed by atoms with Crippen LogP contribution in [0.15, 0.2) is 28.7 Å². The van der Waals surface area contributed by atoms with Crippen molar-refractivity contribution in [2.75, 3.05) is 19.7 Å². The van der Waals surface area contributed by atoms with Gasteiger partial charge < -0.3 is 10.2 Å². The van der Waals surface area contributed by atoms with E-state index in [0.29, 0.717) is 19.0 Å². The van der Waals surface area contributed by atoms with Crippen molar-refractivity contribution in [3.05, 3.63) is 34.3 Å². The van der Waals surface area contributed by atoms with Crippen LogP contribution < -0.4 is 0 Å². The topological polar surface area (TPSA) is 43.7 Å². The minimum Gasteiger partial charge on any atom is -0.395 e. The fourth-order valence-electron chi connectivity index (χ4n) is 3.06. The molecule has 1 aromatic rings. The first kappa shape index (κ1) is 16.0. The molecule has 1 aliphatic carbocycles. The fraction of sp³-hybridized carbons (Fsp3) is 0.625. The van der Waals surface area contributed by atoms with Crippen molar-refractivity contribution in [3.8, 4) is 0 Å². The summed E-state index contributed by atoms with van der Waals surface area (Å²) in [6, 6.07) is 8.42. The summed E-state index contributed by atoms with van der Waals surface area (Å²) < 4.78 is 0.960. The monoisotopic (exact) mass is 341 g/mol. The SMILES string of the molecule is OCCN(CCC(O)c1ccccc1Br)C1CCCC1. The van der Waals surface area contributed by atoms with E-state index in [2.05, 4.69) is 20.8 Å². The third kappa shape index (κ3) is 4.29. The number of hydrogen-bond donors (Lipinski definition) is 2. The van der Waals surface area contributed by atoms with Crippen LogP contribution in [0.4, 0.5) is 0 Å². The van der Waals surface area contributed by atoms with Crippen LogP contribution >= 0.6 is 15.9 Å². The van der Waals surface area contributed by atoms with Crippen molar-refractivity contribution in [2.45, 2.75) is 44.2 Å². The predicted molar refractivity (Wildman–Crippen MR) is 84.6 cm³/mol. The molecule has 3 nitrogen and oxygen atoms in total. The maximum atomic E-state index is 10.3. The van der Waals surface area contributed by atoms with E-state index in [4.69, 9.17) is 0 Å². The smallest absolute Gasteiger partial charge is 0.0813 e. The minimum absolute atomic E-state index is 0.196. The maximum Gasteiger partial charge on any atom is 0.0813 e. The van der Waals surface area contributed by atoms with Gasteiger partial charge in [0.1, 0.15) is 0 Å². The third-order valence-electron chi connectivity index (χ3n) is 4.18. The number of rotatable bonds is 7. The Hall–Kier alpha value is -0.420. The highest BCUT2D eigenvalue weighted by molar-refractivity contribution is 9.10. The van der Waals surface area contributed by atoms with E-state index in [0.717, 1.165) is 16.6 Å². The van der Waals surface area contributed by atoms with E-state index in [-0.39, 0.29) is 6.61 Å². The molecule has 1 unspecified atom stereocenters. The number of halogens is 1. The lowest BCUT2D eigenvalue weighted by Crippen LogP contribution is -2.37. The van der Waals surface area contributed by atoms with Gasteiger partial charge in [-0.25, -0.2) is 0 Å². The molecule has 1 aliphatic rings. The largest absolute Gasteiger partial charge is 0.395 e. The zero-order chi connectivity index (χ0) is 14.4. The average Bonchev–Trinajstić information content (AvgIpc) is 2.97. The second-order valence-corrected chi connectivity index (χ2v) is 6.38. The van der Waals surface area contributed by atoms with Crippen molar-refractivity contribution in [1.29, 1.82) is 0 Å². The van der Waals surface area contributed by atoms with Crippen molar-refractivity contribution in [1.82, 2.24) is 4.90 Å². The molecule has 2 rings (SSSR count). The summed E-state index contributed by atoms with van der Waals surface area (Å²) in [5, 5.41) is 19.6. The molecule has 0 heterocycles. The van der Waals surface area contributed by atoms with Crippen LogP contribution in [0, 0.1) is 0 Å². The molecule has 20 heavy (non-hydrogen) atoms. The van der Waals surface area contributed by atoms with E-state index in [1.54, 1.807) is 0 Å². The lowest BCUT2D eigenvalue weighted by Gasteiger charge is -2.29. The summed E-state index contributed by atoms with van der Waals surface area (Å²) in [7, 11) is 0. The molecule has 1 saturated carbocycles. The quantitative estimate of drug-likeness (QED) is 0.800. The van der Waals surface area contributed by atoms with Gasteiger partial charge in [0, 0.05) is 23.6 Å². The van der Waals surface area contributed by atoms with Crippen LogP contribution in [-0.2, 0) is 0 Å². The van der Waals surface area contributed by atoms with E-state index >= 15 is 0 Å². The molecule has 1 aromatic carbocycles. The predicted octanol–water partition coefficient (Wildman–Crippen LogP) is 3.11. The Morgan fingerprint density at radius 2 is 1.90 bits per heavy atom. The summed E-state index contributed by atoms with van der Waals surface area (Å²) in [4.78, 5) is 2.34. The Labute approximate surface area is 129 Å². The van der Waals surface area contributed by atoms with Crippen molar-refractivity contribution in [2.24, 2.45) is 0 Å². The Kier molecular flexibility index (Phi) is 6.49. The van der Waals surface area contributed by atoms with Crippen LogP contribution in [0.5, 0.6) is 0 Å². The number of nitrogens with zero attached hydrogens (tertiary/aromatic N) is 1. The molecule has 0 spiro atoms. The van der Waals surface area contributed by atoms with Gasteiger partial charge in [-0.3, -0.25) is 4.90 Å². The second kappa shape index (κ2) is 8.13. The number of benzene rings is 1. The highest BCUT2D eigenvalue weighted by Crippen LogP contribution is 2.27. The maximum absolute atomic E-state index is 10.3. The minimum atomic E-state index is -0.451. The number of aliphatic hydroxyl groups excluding tert-OH is 2. The van der Waals surface area contributed by atoms with Crippen LogP contribution in [0.3, 0.4) is 0 Å². The Morgan fingerprint density at radius 3 is 2.55 bits per heavy atom. The molecule has 0 saturated heterocycles. The number of aliphatic hydroxyl groups is 2. The summed E-state index contributed by atoms with van der Waals surface area (Å²) in [5.41, 5.74) is 0.947. The number of hydrogen-bond acceptors (Lipinski definition) is 3. The van der Waals surface area contributed by atoms with E-state index in [1.807, 2.05) is 24.3 Å². The van der Waals surface area contributed by atoms with Crippen molar-refractivity contribution < 1.29 is 10.2 Å². The molecule has 0 amide bonds. The molecule has 0 aliphatic heterocycles. The first-order chi connectivity index (χ1) is 9.72. The second-order valence-electron chi connectivity index (χ2n) is 5.52. The third-order valence-corrected chi connectivity index (χ3v) is 4.90. The summed E-state index contributed by atoms with van der Waals surface area (Å²) in [6.45, 7) is 1.75. The highest BCUT2D eigenvalue weighted by Gasteiger charge is 2.23. The molecular weight excluding hydrogens is 318 g/mol. The molecule has 0 bridgehead atoms. The van der Waals surface area contributed by atoms with Gasteiger partial charge in [0.2, 0.25) is 0 Å². The van der Waals surface area contributed by atoms with Gasteiger partial charge >= 0.3 is 0 Å². The average molecular weight is 342 g/mol. The van der Waals surface area contributed by atoms with E-state index in [1.165, 1.54) is 25.7 Å². The van der Waals surface area contributed by atoms with Gasteiger partial charge in [-0.05, 0) is 30.9 Å². The van der Waals surface area contributed by atoms with E-state index in [9.17, 15) is 10.2 Å². The summed E-state index contributed by atoms with van der Waals surface area (Å²) in [6.07, 6.45) is 5.29. The van der Waals surface area contributed by atoms with Crippen LogP contribution in [0.1, 0.15) is 43.8 Å². The molecule has 112 valence electrons. The zero-order valence-corrected chi connectivity index (χ0v) is 13.4. The van der Waals surface area contributed by atoms with Crippen LogP contribution in [0.2, 0.25) is 0 Å². The van der Waals surface area contributed by atoms with Gasteiger partial charge in [0.05, 0.1) is 12.7 Å². The molecule has 2 N–H and O–H groups in total. The van der Waals surface area contributed by atoms with E-state index < -0.39 is 6.10 Å². The first-order valence-corrected chi connectivity index (χ1v) is 8.29. The molecule has 0 radical (unpaired) electrons. The normalized spacial score (nSPS) is 17.8. The van der Waals surface area contributed by atoms with Crippen molar-refractivity contribution >= 4 is 15.9 Å². The highest BCUT2D eigenvalue weighted by atomic mass is 79.9. The Balaban J connectivity index is 1.89. The molecular formula is C16H24BrNO2. The van der Waals surface area contributed by atoms with Gasteiger partial charge in [-0.2, -0.15) is 0 Å². The lowest BCUT2D eigenvalue weighted by atomic mass is 10.1. The Morgan fingerprint density at radius 1 is 1.20 bits per heavy atom. The molecule has 0 aromatic heterocycles. The lowest BCUT2D eigenvalue weighted by molar-refractivity contribution is 0.108. The first-order valence-electron chi connectivity index (χ1n) is 7.49. The summed E-state index contributed by atoms with van der Waals surface area (Å²) in [5.74, 6) is 0. The van der Waals surface area contributed by atoms with Gasteiger partial charge in [-0.1, -0.05) is 47.0 Å². The summed E-state index contributed by atoms with van der Waals surface area (Å²) >= 11 is 3.49. The molecule has 4 heteroatoms. The van der Waals surface area contributed by atoms with Crippen LogP contribution in [-0.4, -0.2) is 40.9 Å². The van der Waals surface area contributed by atoms with Gasteiger partial charge in [-0.15, -0.1) is 0 Å². The van der Waals surface area contributed by atoms with Crippen LogP contribution in [0.25, 0.3) is 0 Å². The van der Waals surface area contributed by atoms with Gasteiger partial charge in [0.25, 0.3) is 0 Å². The molecule has 1 atom stereocenters. The molecule has 1 fully saturated rings. The van der Waals surface area contributed by atoms with Crippen molar-refractivity contribution in [3.63, 3.8) is 0 Å². The van der Waals surface area contributed by atoms with Gasteiger partial charge in [0.15, 0.2) is 0 Å². The Bertz CT molecular complexity index is 407. The standard InChI is InChI=1S/C16H24BrNO2/c17-15-8-4-3-7-14(15)16(20)9-10-18(11-12-19)13-5-1-2-6-13/h3-4,7-8,13,16,19-20H,1-2,5-6,9-12H2.